The monoisotopic (exact) mass is 279 g/mol. The molecule has 1 fully saturated rings. The molecule has 0 radical (unpaired) electrons. The Morgan fingerprint density at radius 1 is 1.40 bits per heavy atom. The van der Waals surface area contributed by atoms with Gasteiger partial charge in [-0.1, -0.05) is 6.07 Å². The van der Waals surface area contributed by atoms with Crippen LogP contribution in [0.5, 0.6) is 11.5 Å². The molecule has 20 heavy (non-hydrogen) atoms. The second-order valence-corrected chi connectivity index (χ2v) is 4.87. The number of hydrogen-bond donors (Lipinski definition) is 1. The van der Waals surface area contributed by atoms with Crippen LogP contribution in [0.4, 0.5) is 0 Å². The summed E-state index contributed by atoms with van der Waals surface area (Å²) in [6.45, 7) is 3.44. The lowest BCUT2D eigenvalue weighted by Crippen LogP contribution is -2.53. The maximum atomic E-state index is 11.8. The minimum atomic E-state index is -0.343. The van der Waals surface area contributed by atoms with Crippen molar-refractivity contribution in [2.45, 2.75) is 25.9 Å². The number of hydrogen-bond acceptors (Lipinski definition) is 4. The van der Waals surface area contributed by atoms with Crippen molar-refractivity contribution in [1.29, 1.82) is 0 Å². The third-order valence-electron chi connectivity index (χ3n) is 3.37. The zero-order valence-electron chi connectivity index (χ0n) is 12.0. The summed E-state index contributed by atoms with van der Waals surface area (Å²) in [6, 6.07) is 5.73. The van der Waals surface area contributed by atoms with Crippen LogP contribution < -0.4 is 9.47 Å². The van der Waals surface area contributed by atoms with E-state index >= 15 is 0 Å². The van der Waals surface area contributed by atoms with Crippen LogP contribution in [0.15, 0.2) is 18.2 Å². The van der Waals surface area contributed by atoms with Crippen molar-refractivity contribution in [2.24, 2.45) is 0 Å². The summed E-state index contributed by atoms with van der Waals surface area (Å²) in [6.07, 6.45) is 0.766. The molecule has 0 atom stereocenters. The van der Waals surface area contributed by atoms with E-state index in [1.807, 2.05) is 25.1 Å². The molecular weight excluding hydrogens is 258 g/mol. The number of likely N-dealkylation sites (tertiary alicyclic amines) is 1. The van der Waals surface area contributed by atoms with Gasteiger partial charge in [0.25, 0.3) is 0 Å². The van der Waals surface area contributed by atoms with Crippen molar-refractivity contribution >= 4 is 5.91 Å². The number of amides is 1. The van der Waals surface area contributed by atoms with Gasteiger partial charge in [0.05, 0.1) is 19.8 Å². The minimum absolute atomic E-state index is 0.0863. The number of benzene rings is 1. The van der Waals surface area contributed by atoms with Crippen LogP contribution in [0, 0.1) is 0 Å². The smallest absolute Gasteiger partial charge is 0.223 e. The number of β-amino-alcohol motifs (C(OH)–C–C–N with tert-alkyl or cyclic N) is 1. The van der Waals surface area contributed by atoms with Gasteiger partial charge in [0.1, 0.15) is 0 Å². The lowest BCUT2D eigenvalue weighted by Gasteiger charge is -2.35. The number of ether oxygens (including phenoxy) is 2. The first kappa shape index (κ1) is 14.7. The molecule has 0 spiro atoms. The Bertz CT molecular complexity index is 469. The van der Waals surface area contributed by atoms with E-state index in [0.717, 1.165) is 11.3 Å². The van der Waals surface area contributed by atoms with E-state index in [1.165, 1.54) is 0 Å². The fourth-order valence-corrected chi connectivity index (χ4v) is 2.21. The van der Waals surface area contributed by atoms with Gasteiger partial charge in [-0.3, -0.25) is 4.79 Å². The van der Waals surface area contributed by atoms with Crippen molar-refractivity contribution < 1.29 is 19.4 Å². The van der Waals surface area contributed by atoms with Crippen LogP contribution in [-0.2, 0) is 11.2 Å². The Morgan fingerprint density at radius 3 is 2.75 bits per heavy atom. The van der Waals surface area contributed by atoms with E-state index in [-0.39, 0.29) is 12.0 Å². The standard InChI is InChI=1S/C15H21NO4/c1-3-20-13-6-4-11(8-14(13)19-2)5-7-15(18)16-9-12(17)10-16/h4,6,8,12,17H,3,5,7,9-10H2,1-2H3. The Kier molecular flexibility index (Phi) is 4.84. The van der Waals surface area contributed by atoms with Gasteiger partial charge in [0.15, 0.2) is 11.5 Å². The minimum Gasteiger partial charge on any atom is -0.493 e. The molecule has 1 aliphatic rings. The molecule has 110 valence electrons. The van der Waals surface area contributed by atoms with Crippen LogP contribution in [0.25, 0.3) is 0 Å². The summed E-state index contributed by atoms with van der Waals surface area (Å²) in [4.78, 5) is 13.5. The maximum Gasteiger partial charge on any atom is 0.223 e. The van der Waals surface area contributed by atoms with Gasteiger partial charge in [-0.05, 0) is 31.0 Å². The Labute approximate surface area is 119 Å². The van der Waals surface area contributed by atoms with Gasteiger partial charge in [-0.25, -0.2) is 0 Å². The number of aliphatic hydroxyl groups is 1. The highest BCUT2D eigenvalue weighted by molar-refractivity contribution is 5.77. The quantitative estimate of drug-likeness (QED) is 0.851. The number of aliphatic hydroxyl groups excluding tert-OH is 1. The summed E-state index contributed by atoms with van der Waals surface area (Å²) < 4.78 is 10.7. The Hall–Kier alpha value is -1.75. The van der Waals surface area contributed by atoms with Crippen LogP contribution in [0.1, 0.15) is 18.9 Å². The van der Waals surface area contributed by atoms with Crippen molar-refractivity contribution in [3.05, 3.63) is 23.8 Å². The van der Waals surface area contributed by atoms with Gasteiger partial charge >= 0.3 is 0 Å². The zero-order valence-corrected chi connectivity index (χ0v) is 12.0. The highest BCUT2D eigenvalue weighted by Crippen LogP contribution is 2.28. The highest BCUT2D eigenvalue weighted by atomic mass is 16.5. The SMILES string of the molecule is CCOc1ccc(CCC(=O)N2CC(O)C2)cc1OC. The first-order chi connectivity index (χ1) is 9.63. The number of carbonyl (C=O) groups excluding carboxylic acids is 1. The van der Waals surface area contributed by atoms with Crippen molar-refractivity contribution in [3.8, 4) is 11.5 Å². The molecule has 0 unspecified atom stereocenters. The first-order valence-electron chi connectivity index (χ1n) is 6.89. The van der Waals surface area contributed by atoms with Crippen molar-refractivity contribution in [1.82, 2.24) is 4.90 Å². The number of methoxy groups -OCH3 is 1. The molecule has 1 saturated heterocycles. The molecule has 0 aromatic heterocycles. The molecule has 1 heterocycles. The third-order valence-corrected chi connectivity index (χ3v) is 3.37. The summed E-state index contributed by atoms with van der Waals surface area (Å²) in [5.41, 5.74) is 1.04. The van der Waals surface area contributed by atoms with Gasteiger partial charge < -0.3 is 19.5 Å². The predicted molar refractivity (Wildman–Crippen MR) is 75.1 cm³/mol. The maximum absolute atomic E-state index is 11.8. The topological polar surface area (TPSA) is 59.0 Å². The molecule has 1 aliphatic heterocycles. The molecule has 1 aromatic rings. The summed E-state index contributed by atoms with van der Waals surface area (Å²) >= 11 is 0. The Morgan fingerprint density at radius 2 is 2.15 bits per heavy atom. The zero-order chi connectivity index (χ0) is 14.5. The molecule has 0 saturated carbocycles. The number of aryl methyl sites for hydroxylation is 1. The average Bonchev–Trinajstić information content (AvgIpc) is 2.42. The molecule has 5 nitrogen and oxygen atoms in total. The van der Waals surface area contributed by atoms with Crippen LogP contribution in [0.2, 0.25) is 0 Å². The van der Waals surface area contributed by atoms with Crippen LogP contribution in [-0.4, -0.2) is 48.8 Å². The molecule has 0 aliphatic carbocycles. The molecule has 1 aromatic carbocycles. The molecule has 1 N–H and O–H groups in total. The predicted octanol–water partition coefficient (Wildman–Crippen LogP) is 1.23. The van der Waals surface area contributed by atoms with Gasteiger partial charge in [0.2, 0.25) is 5.91 Å². The number of carbonyl (C=O) groups is 1. The molecule has 2 rings (SSSR count). The Balaban J connectivity index is 1.91. The van der Waals surface area contributed by atoms with Gasteiger partial charge in [-0.15, -0.1) is 0 Å². The van der Waals surface area contributed by atoms with Crippen LogP contribution in [0.3, 0.4) is 0 Å². The van der Waals surface area contributed by atoms with E-state index in [9.17, 15) is 9.90 Å². The number of nitrogens with zero attached hydrogens (tertiary/aromatic N) is 1. The van der Waals surface area contributed by atoms with E-state index < -0.39 is 0 Å². The van der Waals surface area contributed by atoms with E-state index in [1.54, 1.807) is 12.0 Å². The fraction of sp³-hybridized carbons (Fsp3) is 0.533. The number of rotatable bonds is 6. The summed E-state index contributed by atoms with van der Waals surface area (Å²) in [5, 5.41) is 9.18. The fourth-order valence-electron chi connectivity index (χ4n) is 2.21. The molecule has 5 heteroatoms. The highest BCUT2D eigenvalue weighted by Gasteiger charge is 2.28. The largest absolute Gasteiger partial charge is 0.493 e. The first-order valence-corrected chi connectivity index (χ1v) is 6.89. The molecule has 1 amide bonds. The van der Waals surface area contributed by atoms with Crippen molar-refractivity contribution in [2.75, 3.05) is 26.8 Å². The molecular formula is C15H21NO4. The van der Waals surface area contributed by atoms with Gasteiger partial charge in [-0.2, -0.15) is 0 Å². The normalized spacial score (nSPS) is 14.8. The summed E-state index contributed by atoms with van der Waals surface area (Å²) in [5.74, 6) is 1.50. The summed E-state index contributed by atoms with van der Waals surface area (Å²) in [7, 11) is 1.61. The lowest BCUT2D eigenvalue weighted by atomic mass is 10.1. The van der Waals surface area contributed by atoms with E-state index in [2.05, 4.69) is 0 Å². The van der Waals surface area contributed by atoms with E-state index in [0.29, 0.717) is 38.3 Å². The average molecular weight is 279 g/mol. The second-order valence-electron chi connectivity index (χ2n) is 4.87. The third kappa shape index (κ3) is 3.42. The molecule has 0 bridgehead atoms. The van der Waals surface area contributed by atoms with Crippen molar-refractivity contribution in [3.63, 3.8) is 0 Å². The van der Waals surface area contributed by atoms with Crippen LogP contribution >= 0.6 is 0 Å². The second kappa shape index (κ2) is 6.61. The lowest BCUT2D eigenvalue weighted by molar-refractivity contribution is -0.141. The van der Waals surface area contributed by atoms with E-state index in [4.69, 9.17) is 9.47 Å². The van der Waals surface area contributed by atoms with Gasteiger partial charge in [0, 0.05) is 19.5 Å².